The van der Waals surface area contributed by atoms with Gasteiger partial charge in [-0.15, -0.1) is 0 Å². The van der Waals surface area contributed by atoms with Gasteiger partial charge in [-0.05, 0) is 17.7 Å². The van der Waals surface area contributed by atoms with Crippen molar-refractivity contribution in [3.63, 3.8) is 0 Å². The van der Waals surface area contributed by atoms with E-state index in [2.05, 4.69) is 4.74 Å². The molecule has 1 aromatic rings. The lowest BCUT2D eigenvalue weighted by atomic mass is 10.2. The van der Waals surface area contributed by atoms with Crippen LogP contribution < -0.4 is 4.74 Å². The van der Waals surface area contributed by atoms with Crippen LogP contribution in [0.15, 0.2) is 12.1 Å². The molecule has 0 aromatic heterocycles. The molecule has 1 fully saturated rings. The highest BCUT2D eigenvalue weighted by Crippen LogP contribution is 2.26. The summed E-state index contributed by atoms with van der Waals surface area (Å²) in [7, 11) is 0. The van der Waals surface area contributed by atoms with Crippen LogP contribution in [0.25, 0.3) is 0 Å². The van der Waals surface area contributed by atoms with Gasteiger partial charge >= 0.3 is 5.97 Å². The zero-order valence-corrected chi connectivity index (χ0v) is 8.78. The van der Waals surface area contributed by atoms with Gasteiger partial charge in [-0.25, -0.2) is 13.6 Å². The molecule has 1 unspecified atom stereocenters. The van der Waals surface area contributed by atoms with Crippen molar-refractivity contribution < 1.29 is 28.2 Å². The van der Waals surface area contributed by atoms with Gasteiger partial charge in [0.15, 0.2) is 23.5 Å². The summed E-state index contributed by atoms with van der Waals surface area (Å²) in [5, 5.41) is 8.76. The minimum absolute atomic E-state index is 0.0985. The molecule has 0 bridgehead atoms. The van der Waals surface area contributed by atoms with E-state index in [0.717, 1.165) is 12.1 Å². The molecule has 4 nitrogen and oxygen atoms in total. The number of hydrogen-bond donors (Lipinski definition) is 1. The first-order chi connectivity index (χ1) is 8.11. The summed E-state index contributed by atoms with van der Waals surface area (Å²) in [6.45, 7) is -0.291. The van der Waals surface area contributed by atoms with Crippen molar-refractivity contribution >= 4 is 5.97 Å². The Morgan fingerprint density at radius 1 is 1.41 bits per heavy atom. The third-order valence-corrected chi connectivity index (χ3v) is 2.39. The Hall–Kier alpha value is -1.69. The highest BCUT2D eigenvalue weighted by Gasteiger charge is 2.30. The first-order valence-corrected chi connectivity index (χ1v) is 5.04. The first kappa shape index (κ1) is 11.8. The predicted molar refractivity (Wildman–Crippen MR) is 52.3 cm³/mol. The van der Waals surface area contributed by atoms with E-state index < -0.39 is 36.1 Å². The molecule has 1 aromatic carbocycles. The maximum Gasteiger partial charge on any atom is 0.347 e. The van der Waals surface area contributed by atoms with Crippen LogP contribution in [0.1, 0.15) is 12.0 Å². The Balaban J connectivity index is 2.23. The number of esters is 1. The van der Waals surface area contributed by atoms with E-state index >= 15 is 0 Å². The van der Waals surface area contributed by atoms with Crippen molar-refractivity contribution in [1.29, 1.82) is 0 Å². The molecular weight excluding hydrogens is 234 g/mol. The van der Waals surface area contributed by atoms with Crippen LogP contribution >= 0.6 is 0 Å². The van der Waals surface area contributed by atoms with E-state index in [1.807, 2.05) is 0 Å². The molecule has 0 radical (unpaired) electrons. The Labute approximate surface area is 95.8 Å². The predicted octanol–water partition coefficient (Wildman–Crippen LogP) is 1.15. The summed E-state index contributed by atoms with van der Waals surface area (Å²) in [5.41, 5.74) is 0.0985. The monoisotopic (exact) mass is 244 g/mol. The van der Waals surface area contributed by atoms with E-state index in [1.165, 1.54) is 0 Å². The van der Waals surface area contributed by atoms with Gasteiger partial charge in [-0.3, -0.25) is 0 Å². The standard InChI is InChI=1S/C11H10F2O4/c12-7-3-6(5-14)4-8(13)10(7)17-9-1-2-16-11(9)15/h3-4,9,14H,1-2,5H2. The minimum Gasteiger partial charge on any atom is -0.472 e. The number of benzene rings is 1. The average molecular weight is 244 g/mol. The van der Waals surface area contributed by atoms with E-state index in [9.17, 15) is 13.6 Å². The van der Waals surface area contributed by atoms with Crippen LogP contribution in [0.3, 0.4) is 0 Å². The minimum atomic E-state index is -0.973. The number of hydrogen-bond acceptors (Lipinski definition) is 4. The lowest BCUT2D eigenvalue weighted by Crippen LogP contribution is -2.22. The van der Waals surface area contributed by atoms with Crippen LogP contribution in [-0.2, 0) is 16.1 Å². The van der Waals surface area contributed by atoms with Gasteiger partial charge < -0.3 is 14.6 Å². The van der Waals surface area contributed by atoms with E-state index in [0.29, 0.717) is 0 Å². The molecule has 1 heterocycles. The molecule has 1 atom stereocenters. The van der Waals surface area contributed by atoms with Crippen molar-refractivity contribution in [2.24, 2.45) is 0 Å². The molecule has 1 saturated heterocycles. The second kappa shape index (κ2) is 4.67. The van der Waals surface area contributed by atoms with E-state index in [1.54, 1.807) is 0 Å². The molecule has 1 aliphatic heterocycles. The van der Waals surface area contributed by atoms with Crippen molar-refractivity contribution in [1.82, 2.24) is 0 Å². The lowest BCUT2D eigenvalue weighted by molar-refractivity contribution is -0.143. The smallest absolute Gasteiger partial charge is 0.347 e. The van der Waals surface area contributed by atoms with Gasteiger partial charge in [0.2, 0.25) is 0 Å². The molecule has 92 valence electrons. The van der Waals surface area contributed by atoms with Crippen LogP contribution in [0.2, 0.25) is 0 Å². The van der Waals surface area contributed by atoms with Gasteiger partial charge in [0.25, 0.3) is 0 Å². The maximum atomic E-state index is 13.5. The summed E-state index contributed by atoms with van der Waals surface area (Å²) in [4.78, 5) is 11.1. The van der Waals surface area contributed by atoms with Crippen molar-refractivity contribution in [3.05, 3.63) is 29.3 Å². The Morgan fingerprint density at radius 2 is 2.06 bits per heavy atom. The van der Waals surface area contributed by atoms with Gasteiger partial charge in [0.05, 0.1) is 13.2 Å². The Bertz CT molecular complexity index is 424. The van der Waals surface area contributed by atoms with E-state index in [-0.39, 0.29) is 18.6 Å². The zero-order chi connectivity index (χ0) is 12.4. The second-order valence-electron chi connectivity index (χ2n) is 3.61. The molecule has 0 amide bonds. The van der Waals surface area contributed by atoms with Gasteiger partial charge in [0, 0.05) is 6.42 Å². The van der Waals surface area contributed by atoms with Crippen LogP contribution in [-0.4, -0.2) is 23.8 Å². The van der Waals surface area contributed by atoms with Crippen LogP contribution in [0.4, 0.5) is 8.78 Å². The SMILES string of the molecule is O=C1OCCC1Oc1c(F)cc(CO)cc1F. The molecule has 17 heavy (non-hydrogen) atoms. The number of rotatable bonds is 3. The van der Waals surface area contributed by atoms with Crippen molar-refractivity contribution in [2.75, 3.05) is 6.61 Å². The quantitative estimate of drug-likeness (QED) is 0.810. The first-order valence-electron chi connectivity index (χ1n) is 5.04. The fourth-order valence-corrected chi connectivity index (χ4v) is 1.54. The van der Waals surface area contributed by atoms with Crippen molar-refractivity contribution in [3.8, 4) is 5.75 Å². The number of carbonyl (C=O) groups is 1. The largest absolute Gasteiger partial charge is 0.472 e. The van der Waals surface area contributed by atoms with E-state index in [4.69, 9.17) is 9.84 Å². The molecule has 0 spiro atoms. The van der Waals surface area contributed by atoms with Gasteiger partial charge in [0.1, 0.15) is 0 Å². The normalized spacial score (nSPS) is 19.2. The number of aliphatic hydroxyl groups excluding tert-OH is 1. The Morgan fingerprint density at radius 3 is 2.53 bits per heavy atom. The molecule has 0 saturated carbocycles. The lowest BCUT2D eigenvalue weighted by Gasteiger charge is -2.12. The summed E-state index contributed by atoms with van der Waals surface area (Å²) < 4.78 is 36.5. The van der Waals surface area contributed by atoms with Gasteiger partial charge in [-0.1, -0.05) is 0 Å². The van der Waals surface area contributed by atoms with Gasteiger partial charge in [-0.2, -0.15) is 0 Å². The number of cyclic esters (lactones) is 1. The fourth-order valence-electron chi connectivity index (χ4n) is 1.54. The van der Waals surface area contributed by atoms with Crippen LogP contribution in [0, 0.1) is 11.6 Å². The second-order valence-corrected chi connectivity index (χ2v) is 3.61. The Kier molecular flexibility index (Phi) is 3.23. The topological polar surface area (TPSA) is 55.8 Å². The summed E-state index contributed by atoms with van der Waals surface area (Å²) >= 11 is 0. The third kappa shape index (κ3) is 2.36. The molecule has 6 heteroatoms. The molecule has 2 rings (SSSR count). The highest BCUT2D eigenvalue weighted by atomic mass is 19.1. The maximum absolute atomic E-state index is 13.5. The zero-order valence-electron chi connectivity index (χ0n) is 8.78. The van der Waals surface area contributed by atoms with Crippen molar-refractivity contribution in [2.45, 2.75) is 19.1 Å². The third-order valence-electron chi connectivity index (χ3n) is 2.39. The number of halogens is 2. The number of aliphatic hydroxyl groups is 1. The highest BCUT2D eigenvalue weighted by molar-refractivity contribution is 5.76. The molecule has 1 aliphatic rings. The number of carbonyl (C=O) groups excluding carboxylic acids is 1. The molecule has 1 N–H and O–H groups in total. The fraction of sp³-hybridized carbons (Fsp3) is 0.364. The average Bonchev–Trinajstić information content (AvgIpc) is 2.69. The van der Waals surface area contributed by atoms with Crippen LogP contribution in [0.5, 0.6) is 5.75 Å². The molecular formula is C11H10F2O4. The molecule has 0 aliphatic carbocycles. The summed E-state index contributed by atoms with van der Waals surface area (Å²) in [5.74, 6) is -3.15. The summed E-state index contributed by atoms with van der Waals surface area (Å²) in [6.07, 6.45) is -0.710. The number of ether oxygens (including phenoxy) is 2. The summed E-state index contributed by atoms with van der Waals surface area (Å²) in [6, 6.07) is 1.91.